The van der Waals surface area contributed by atoms with E-state index in [9.17, 15) is 14.0 Å². The van der Waals surface area contributed by atoms with E-state index in [2.05, 4.69) is 5.32 Å². The number of anilines is 1. The lowest BCUT2D eigenvalue weighted by Gasteiger charge is -2.12. The van der Waals surface area contributed by atoms with Crippen molar-refractivity contribution in [2.24, 2.45) is 0 Å². The zero-order chi connectivity index (χ0) is 26.1. The number of benzene rings is 3. The van der Waals surface area contributed by atoms with Crippen LogP contribution in [0.3, 0.4) is 0 Å². The molecule has 1 aromatic heterocycles. The molecule has 3 aromatic carbocycles. The Bertz CT molecular complexity index is 1540. The van der Waals surface area contributed by atoms with E-state index >= 15 is 0 Å². The Morgan fingerprint density at radius 1 is 0.946 bits per heavy atom. The molecule has 1 aliphatic rings. The number of imide groups is 1. The third-order valence-electron chi connectivity index (χ3n) is 6.16. The van der Waals surface area contributed by atoms with Gasteiger partial charge in [0.15, 0.2) is 0 Å². The molecule has 3 amide bonds. The van der Waals surface area contributed by atoms with Crippen LogP contribution in [0.4, 0.5) is 14.9 Å². The van der Waals surface area contributed by atoms with Gasteiger partial charge in [-0.15, -0.1) is 0 Å². The van der Waals surface area contributed by atoms with Gasteiger partial charge in [0.05, 0.1) is 5.69 Å². The van der Waals surface area contributed by atoms with E-state index in [4.69, 9.17) is 16.3 Å². The van der Waals surface area contributed by atoms with Crippen molar-refractivity contribution in [1.29, 1.82) is 0 Å². The fourth-order valence-corrected chi connectivity index (χ4v) is 4.52. The van der Waals surface area contributed by atoms with Crippen molar-refractivity contribution in [2.45, 2.75) is 20.5 Å². The predicted molar refractivity (Wildman–Crippen MR) is 141 cm³/mol. The zero-order valence-corrected chi connectivity index (χ0v) is 20.9. The summed E-state index contributed by atoms with van der Waals surface area (Å²) in [5, 5.41) is 3.09. The number of nitrogens with zero attached hydrogens (tertiary/aromatic N) is 2. The lowest BCUT2D eigenvalue weighted by molar-refractivity contribution is -0.113. The van der Waals surface area contributed by atoms with Crippen LogP contribution in [0.5, 0.6) is 5.75 Å². The Morgan fingerprint density at radius 3 is 2.43 bits per heavy atom. The zero-order valence-electron chi connectivity index (χ0n) is 20.2. The monoisotopic (exact) mass is 515 g/mol. The van der Waals surface area contributed by atoms with Gasteiger partial charge in [-0.1, -0.05) is 35.9 Å². The van der Waals surface area contributed by atoms with E-state index in [1.807, 2.05) is 48.7 Å². The highest BCUT2D eigenvalue weighted by molar-refractivity contribution is 6.32. The van der Waals surface area contributed by atoms with Gasteiger partial charge in [0.1, 0.15) is 23.9 Å². The number of carbonyl (C=O) groups excluding carboxylic acids is 2. The van der Waals surface area contributed by atoms with Gasteiger partial charge in [0, 0.05) is 27.7 Å². The molecule has 0 bridgehead atoms. The summed E-state index contributed by atoms with van der Waals surface area (Å²) in [6.07, 6.45) is 1.68. The number of amides is 3. The summed E-state index contributed by atoms with van der Waals surface area (Å²) in [7, 11) is 0. The third-order valence-corrected chi connectivity index (χ3v) is 6.40. The number of hydrogen-bond acceptors (Lipinski definition) is 3. The smallest absolute Gasteiger partial charge is 0.333 e. The molecule has 8 heteroatoms. The summed E-state index contributed by atoms with van der Waals surface area (Å²) in [5.74, 6) is -0.127. The normalized spacial score (nSPS) is 14.4. The first-order chi connectivity index (χ1) is 17.8. The van der Waals surface area contributed by atoms with Gasteiger partial charge in [-0.3, -0.25) is 4.79 Å². The van der Waals surface area contributed by atoms with Gasteiger partial charge >= 0.3 is 6.03 Å². The van der Waals surface area contributed by atoms with Crippen molar-refractivity contribution < 1.29 is 18.7 Å². The Kier molecular flexibility index (Phi) is 6.54. The summed E-state index contributed by atoms with van der Waals surface area (Å²) in [5.41, 5.74) is 4.63. The molecule has 0 spiro atoms. The van der Waals surface area contributed by atoms with Gasteiger partial charge in [-0.25, -0.2) is 14.1 Å². The summed E-state index contributed by atoms with van der Waals surface area (Å²) in [6, 6.07) is 22.0. The van der Waals surface area contributed by atoms with Crippen molar-refractivity contribution in [1.82, 2.24) is 9.88 Å². The largest absolute Gasteiger partial charge is 0.489 e. The standard InChI is InChI=1S/C29H23ClFN3O3/c1-18-14-21(15-27-28(35)34(29(36)32-27)24-8-5-7-22(30)16-24)19(2)33(18)23-10-12-25(13-11-23)37-17-20-6-3-4-9-26(20)31/h3-16H,17H2,1-2H3,(H,32,36)/b27-15+. The number of rotatable bonds is 6. The Labute approximate surface area is 218 Å². The van der Waals surface area contributed by atoms with E-state index < -0.39 is 11.9 Å². The second-order valence-electron chi connectivity index (χ2n) is 8.64. The van der Waals surface area contributed by atoms with E-state index in [0.29, 0.717) is 22.0 Å². The van der Waals surface area contributed by atoms with Crippen LogP contribution >= 0.6 is 11.6 Å². The SMILES string of the molecule is Cc1cc(/C=C2/NC(=O)N(c3cccc(Cl)c3)C2=O)c(C)n1-c1ccc(OCc2ccccc2F)cc1. The van der Waals surface area contributed by atoms with Crippen LogP contribution < -0.4 is 15.0 Å². The van der Waals surface area contributed by atoms with Gasteiger partial charge in [-0.05, 0) is 80.1 Å². The van der Waals surface area contributed by atoms with Crippen molar-refractivity contribution in [3.63, 3.8) is 0 Å². The molecule has 37 heavy (non-hydrogen) atoms. The summed E-state index contributed by atoms with van der Waals surface area (Å²) in [4.78, 5) is 26.6. The summed E-state index contributed by atoms with van der Waals surface area (Å²) < 4.78 is 21.6. The number of nitrogens with one attached hydrogen (secondary N) is 1. The molecule has 1 fully saturated rings. The maximum absolute atomic E-state index is 13.8. The number of aromatic nitrogens is 1. The van der Waals surface area contributed by atoms with Crippen molar-refractivity contribution in [3.05, 3.63) is 118 Å². The average Bonchev–Trinajstić information content (AvgIpc) is 3.32. The highest BCUT2D eigenvalue weighted by atomic mass is 35.5. The van der Waals surface area contributed by atoms with Crippen LogP contribution in [0.1, 0.15) is 22.5 Å². The van der Waals surface area contributed by atoms with Gasteiger partial charge in [-0.2, -0.15) is 0 Å². The van der Waals surface area contributed by atoms with Crippen molar-refractivity contribution >= 4 is 35.3 Å². The lowest BCUT2D eigenvalue weighted by Crippen LogP contribution is -2.30. The minimum Gasteiger partial charge on any atom is -0.489 e. The molecule has 1 N–H and O–H groups in total. The molecule has 2 heterocycles. The van der Waals surface area contributed by atoms with Gasteiger partial charge in [0.2, 0.25) is 0 Å². The number of aryl methyl sites for hydroxylation is 1. The average molecular weight is 516 g/mol. The molecule has 186 valence electrons. The third kappa shape index (κ3) is 4.86. The van der Waals surface area contributed by atoms with Crippen molar-refractivity contribution in [2.75, 3.05) is 4.90 Å². The first-order valence-electron chi connectivity index (χ1n) is 11.6. The number of halogens is 2. The van der Waals surface area contributed by atoms with Gasteiger partial charge < -0.3 is 14.6 Å². The minimum absolute atomic E-state index is 0.136. The molecule has 0 radical (unpaired) electrons. The molecule has 1 saturated heterocycles. The second-order valence-corrected chi connectivity index (χ2v) is 9.08. The molecule has 0 atom stereocenters. The van der Waals surface area contributed by atoms with Crippen LogP contribution in [0.25, 0.3) is 11.8 Å². The van der Waals surface area contributed by atoms with Gasteiger partial charge in [0.25, 0.3) is 5.91 Å². The molecular weight excluding hydrogens is 493 g/mol. The second kappa shape index (κ2) is 9.95. The summed E-state index contributed by atoms with van der Waals surface area (Å²) in [6.45, 7) is 4.04. The van der Waals surface area contributed by atoms with E-state index in [1.165, 1.54) is 6.07 Å². The highest BCUT2D eigenvalue weighted by Crippen LogP contribution is 2.28. The lowest BCUT2D eigenvalue weighted by atomic mass is 10.2. The molecule has 1 aliphatic heterocycles. The number of ether oxygens (including phenoxy) is 1. The molecular formula is C29H23ClFN3O3. The van der Waals surface area contributed by atoms with Crippen molar-refractivity contribution in [3.8, 4) is 11.4 Å². The molecule has 6 nitrogen and oxygen atoms in total. The quantitative estimate of drug-likeness (QED) is 0.233. The number of carbonyl (C=O) groups is 2. The Balaban J connectivity index is 1.36. The predicted octanol–water partition coefficient (Wildman–Crippen LogP) is 6.56. The summed E-state index contributed by atoms with van der Waals surface area (Å²) >= 11 is 6.04. The van der Waals surface area contributed by atoms with Crippen LogP contribution in [0, 0.1) is 19.7 Å². The number of hydrogen-bond donors (Lipinski definition) is 1. The Hall–Kier alpha value is -4.36. The maximum atomic E-state index is 13.8. The first kappa shape index (κ1) is 24.3. The topological polar surface area (TPSA) is 63.6 Å². The molecule has 0 aliphatic carbocycles. The Morgan fingerprint density at radius 2 is 1.70 bits per heavy atom. The first-order valence-corrected chi connectivity index (χ1v) is 12.0. The number of urea groups is 1. The molecule has 0 unspecified atom stereocenters. The molecule has 4 aromatic rings. The van der Waals surface area contributed by atoms with Crippen LogP contribution in [-0.4, -0.2) is 16.5 Å². The van der Waals surface area contributed by atoms with Crippen LogP contribution in [-0.2, 0) is 11.4 Å². The fourth-order valence-electron chi connectivity index (χ4n) is 4.34. The van der Waals surface area contributed by atoms with Crippen LogP contribution in [0.15, 0.2) is 84.6 Å². The molecule has 0 saturated carbocycles. The van der Waals surface area contributed by atoms with Crippen LogP contribution in [0.2, 0.25) is 5.02 Å². The van der Waals surface area contributed by atoms with E-state index in [-0.39, 0.29) is 18.1 Å². The molecule has 5 rings (SSSR count). The minimum atomic E-state index is -0.529. The highest BCUT2D eigenvalue weighted by Gasteiger charge is 2.35. The fraction of sp³-hybridized carbons (Fsp3) is 0.103. The maximum Gasteiger partial charge on any atom is 0.333 e. The van der Waals surface area contributed by atoms with E-state index in [0.717, 1.165) is 27.5 Å². The van der Waals surface area contributed by atoms with E-state index in [1.54, 1.807) is 48.5 Å².